The Morgan fingerprint density at radius 2 is 1.95 bits per heavy atom. The van der Waals surface area contributed by atoms with Crippen molar-refractivity contribution >= 4 is 23.8 Å². The van der Waals surface area contributed by atoms with Crippen molar-refractivity contribution in [2.75, 3.05) is 13.2 Å². The molecule has 2 heterocycles. The van der Waals surface area contributed by atoms with Gasteiger partial charge in [0, 0.05) is 32.1 Å². The number of aliphatic hydroxyl groups is 1. The Bertz CT molecular complexity index is 1120. The summed E-state index contributed by atoms with van der Waals surface area (Å²) in [5, 5.41) is 28.9. The lowest BCUT2D eigenvalue weighted by Crippen LogP contribution is -2.56. The third kappa shape index (κ3) is 10.3. The molecule has 1 aliphatic rings. The lowest BCUT2D eigenvalue weighted by molar-refractivity contribution is -0.131. The van der Waals surface area contributed by atoms with E-state index < -0.39 is 36.0 Å². The summed E-state index contributed by atoms with van der Waals surface area (Å²) in [4.78, 5) is 51.5. The molecular formula is C27H39N7O6. The molecule has 218 valence electrons. The average molecular weight is 558 g/mol. The number of amides is 4. The van der Waals surface area contributed by atoms with Crippen molar-refractivity contribution in [2.24, 2.45) is 5.92 Å². The molecule has 2 aromatic rings. The molecule has 0 saturated heterocycles. The molecule has 1 aromatic carbocycles. The maximum Gasteiger partial charge on any atom is 0.408 e. The first kappa shape index (κ1) is 30.5. The highest BCUT2D eigenvalue weighted by Crippen LogP contribution is 2.09. The smallest absolute Gasteiger partial charge is 0.408 e. The van der Waals surface area contributed by atoms with Crippen LogP contribution >= 0.6 is 0 Å². The zero-order chi connectivity index (χ0) is 28.9. The Morgan fingerprint density at radius 3 is 2.67 bits per heavy atom. The monoisotopic (exact) mass is 557 g/mol. The second-order valence-corrected chi connectivity index (χ2v) is 10.3. The zero-order valence-electron chi connectivity index (χ0n) is 23.0. The summed E-state index contributed by atoms with van der Waals surface area (Å²) in [5.41, 5.74) is 1.25. The summed E-state index contributed by atoms with van der Waals surface area (Å²) in [5.74, 6) is -1.21. The Kier molecular flexibility index (Phi) is 11.9. The van der Waals surface area contributed by atoms with Gasteiger partial charge in [-0.05, 0) is 30.7 Å². The normalized spacial score (nSPS) is 21.4. The van der Waals surface area contributed by atoms with Crippen LogP contribution in [0.3, 0.4) is 0 Å². The number of aryl methyl sites for hydroxylation is 1. The summed E-state index contributed by atoms with van der Waals surface area (Å²) in [6.07, 6.45) is 2.17. The van der Waals surface area contributed by atoms with Crippen LogP contribution in [0.25, 0.3) is 0 Å². The second-order valence-electron chi connectivity index (χ2n) is 10.3. The van der Waals surface area contributed by atoms with Crippen molar-refractivity contribution in [1.82, 2.24) is 36.3 Å². The van der Waals surface area contributed by atoms with Gasteiger partial charge in [0.1, 0.15) is 18.7 Å². The van der Waals surface area contributed by atoms with Gasteiger partial charge in [-0.3, -0.25) is 19.1 Å². The number of carbonyl (C=O) groups is 4. The highest BCUT2D eigenvalue weighted by molar-refractivity contribution is 5.91. The number of hydrogen-bond acceptors (Lipinski definition) is 8. The molecule has 3 rings (SSSR count). The van der Waals surface area contributed by atoms with E-state index >= 15 is 0 Å². The number of nitrogens with zero attached hydrogens (tertiary/aromatic N) is 3. The Balaban J connectivity index is 1.80. The Hall–Kier alpha value is -4.00. The first-order chi connectivity index (χ1) is 19.2. The van der Waals surface area contributed by atoms with E-state index in [1.165, 1.54) is 0 Å². The molecule has 4 amide bonds. The van der Waals surface area contributed by atoms with E-state index in [-0.39, 0.29) is 44.3 Å². The number of nitrogens with one attached hydrogen (secondary N) is 4. The van der Waals surface area contributed by atoms with Gasteiger partial charge in [-0.1, -0.05) is 49.4 Å². The molecule has 2 bridgehead atoms. The van der Waals surface area contributed by atoms with Crippen LogP contribution in [0.4, 0.5) is 4.79 Å². The van der Waals surface area contributed by atoms with Crippen molar-refractivity contribution in [3.63, 3.8) is 0 Å². The number of fused-ring (bicyclic) bond motifs is 2. The van der Waals surface area contributed by atoms with Crippen molar-refractivity contribution in [3.05, 3.63) is 47.8 Å². The topological polar surface area (TPSA) is 177 Å². The molecular weight excluding hydrogens is 518 g/mol. The fourth-order valence-corrected chi connectivity index (χ4v) is 4.22. The number of aromatic nitrogens is 3. The first-order valence-electron chi connectivity index (χ1n) is 13.6. The van der Waals surface area contributed by atoms with Gasteiger partial charge in [0.15, 0.2) is 0 Å². The molecule has 3 atom stereocenters. The fourth-order valence-electron chi connectivity index (χ4n) is 4.22. The number of rotatable bonds is 6. The van der Waals surface area contributed by atoms with E-state index in [9.17, 15) is 24.3 Å². The predicted molar refractivity (Wildman–Crippen MR) is 145 cm³/mol. The van der Waals surface area contributed by atoms with Crippen LogP contribution in [0.5, 0.6) is 0 Å². The molecule has 0 fully saturated rings. The number of ether oxygens (including phenoxy) is 1. The van der Waals surface area contributed by atoms with Gasteiger partial charge in [0.25, 0.3) is 0 Å². The Morgan fingerprint density at radius 1 is 1.18 bits per heavy atom. The quantitative estimate of drug-likeness (QED) is 0.339. The lowest BCUT2D eigenvalue weighted by Gasteiger charge is -2.25. The average Bonchev–Trinajstić information content (AvgIpc) is 3.38. The zero-order valence-corrected chi connectivity index (χ0v) is 23.0. The van der Waals surface area contributed by atoms with E-state index in [0.29, 0.717) is 31.6 Å². The molecule has 0 aliphatic carbocycles. The summed E-state index contributed by atoms with van der Waals surface area (Å²) in [7, 11) is 0. The number of aliphatic hydroxyl groups excluding tert-OH is 1. The highest BCUT2D eigenvalue weighted by Gasteiger charge is 2.30. The van der Waals surface area contributed by atoms with E-state index in [1.54, 1.807) is 10.9 Å². The standard InChI is InChI=1S/C27H39N7O6/c1-18(2)13-22-25(37)29-20(16-35)9-10-24(36)28-11-6-12-34-15-21(32-33-34)14-23(26(38)30-22)31-27(39)40-17-19-7-4-3-5-8-19/h3-5,7-8,15,18,20,22-23,35H,6,9-14,16-17H2,1-2H3,(H,28,36)(H,29,37)(H,30,38)(H,31,39)/t20-,22-,23-/m0/s1. The van der Waals surface area contributed by atoms with E-state index in [2.05, 4.69) is 31.6 Å². The molecule has 0 unspecified atom stereocenters. The number of hydrogen-bond donors (Lipinski definition) is 5. The second kappa shape index (κ2) is 15.6. The third-order valence-corrected chi connectivity index (χ3v) is 6.33. The minimum absolute atomic E-state index is 0.0122. The Labute approximate surface area is 233 Å². The molecule has 0 radical (unpaired) electrons. The van der Waals surface area contributed by atoms with Gasteiger partial charge in [-0.25, -0.2) is 4.79 Å². The molecule has 13 nitrogen and oxygen atoms in total. The van der Waals surface area contributed by atoms with Crippen LogP contribution < -0.4 is 21.3 Å². The minimum atomic E-state index is -1.09. The van der Waals surface area contributed by atoms with Gasteiger partial charge >= 0.3 is 6.09 Å². The highest BCUT2D eigenvalue weighted by atomic mass is 16.5. The number of benzene rings is 1. The SMILES string of the molecule is CC(C)C[C@@H]1NC(=O)[C@@H](NC(=O)OCc2ccccc2)Cc2cn(nn2)CCCNC(=O)CC[C@@H](CO)NC1=O. The minimum Gasteiger partial charge on any atom is -0.445 e. The van der Waals surface area contributed by atoms with Crippen molar-refractivity contribution < 1.29 is 29.0 Å². The summed E-state index contributed by atoms with van der Waals surface area (Å²) >= 11 is 0. The maximum atomic E-state index is 13.4. The predicted octanol–water partition coefficient (Wildman–Crippen LogP) is 0.424. The fraction of sp³-hybridized carbons (Fsp3) is 0.556. The molecule has 1 aliphatic heterocycles. The summed E-state index contributed by atoms with van der Waals surface area (Å²) in [6, 6.07) is 6.45. The maximum absolute atomic E-state index is 13.4. The van der Waals surface area contributed by atoms with E-state index in [1.807, 2.05) is 44.2 Å². The van der Waals surface area contributed by atoms with Gasteiger partial charge < -0.3 is 31.1 Å². The molecule has 1 aromatic heterocycles. The van der Waals surface area contributed by atoms with Crippen LogP contribution in [0.2, 0.25) is 0 Å². The van der Waals surface area contributed by atoms with Crippen molar-refractivity contribution in [1.29, 1.82) is 0 Å². The summed E-state index contributed by atoms with van der Waals surface area (Å²) in [6.45, 7) is 4.39. The van der Waals surface area contributed by atoms with Gasteiger partial charge in [-0.2, -0.15) is 0 Å². The van der Waals surface area contributed by atoms with Gasteiger partial charge in [0.2, 0.25) is 17.7 Å². The molecule has 40 heavy (non-hydrogen) atoms. The largest absolute Gasteiger partial charge is 0.445 e. The molecule has 13 heteroatoms. The van der Waals surface area contributed by atoms with Crippen LogP contribution in [-0.4, -0.2) is 75.2 Å². The molecule has 0 saturated carbocycles. The van der Waals surface area contributed by atoms with Gasteiger partial charge in [-0.15, -0.1) is 5.10 Å². The first-order valence-corrected chi connectivity index (χ1v) is 13.6. The molecule has 0 spiro atoms. The van der Waals surface area contributed by atoms with Gasteiger partial charge in [0.05, 0.1) is 18.3 Å². The van der Waals surface area contributed by atoms with Crippen LogP contribution in [0.15, 0.2) is 36.5 Å². The van der Waals surface area contributed by atoms with E-state index in [4.69, 9.17) is 4.74 Å². The number of carbonyl (C=O) groups excluding carboxylic acids is 4. The molecule has 5 N–H and O–H groups in total. The van der Waals surface area contributed by atoms with Crippen molar-refractivity contribution in [3.8, 4) is 0 Å². The lowest BCUT2D eigenvalue weighted by atomic mass is 10.0. The van der Waals surface area contributed by atoms with Crippen LogP contribution in [0, 0.1) is 5.92 Å². The third-order valence-electron chi connectivity index (χ3n) is 6.33. The number of alkyl carbamates (subject to hydrolysis) is 1. The van der Waals surface area contributed by atoms with Crippen molar-refractivity contribution in [2.45, 2.75) is 77.2 Å². The van der Waals surface area contributed by atoms with Crippen LogP contribution in [-0.2, 0) is 38.7 Å². The summed E-state index contributed by atoms with van der Waals surface area (Å²) < 4.78 is 6.92. The van der Waals surface area contributed by atoms with Crippen LogP contribution in [0.1, 0.15) is 50.8 Å². The van der Waals surface area contributed by atoms with E-state index in [0.717, 1.165) is 5.56 Å².